The van der Waals surface area contributed by atoms with Crippen LogP contribution in [0.1, 0.15) is 41.0 Å². The molecule has 0 aliphatic carbocycles. The lowest BCUT2D eigenvalue weighted by atomic mass is 9.92. The number of morpholine rings is 1. The Morgan fingerprint density at radius 2 is 1.76 bits per heavy atom. The van der Waals surface area contributed by atoms with Crippen LogP contribution in [-0.4, -0.2) is 49.8 Å². The van der Waals surface area contributed by atoms with Gasteiger partial charge in [-0.25, -0.2) is 0 Å². The number of hydrogen-bond donors (Lipinski definition) is 1. The van der Waals surface area contributed by atoms with Gasteiger partial charge in [-0.3, -0.25) is 4.90 Å². The summed E-state index contributed by atoms with van der Waals surface area (Å²) in [5, 5.41) is 3.65. The van der Waals surface area contributed by atoms with Crippen molar-refractivity contribution < 1.29 is 4.74 Å². The Labute approximate surface area is 107 Å². The fourth-order valence-electron chi connectivity index (χ4n) is 2.15. The Morgan fingerprint density at radius 3 is 2.29 bits per heavy atom. The van der Waals surface area contributed by atoms with Crippen molar-refractivity contribution >= 4 is 0 Å². The lowest BCUT2D eigenvalue weighted by Gasteiger charge is -2.36. The number of nitrogens with zero attached hydrogens (tertiary/aromatic N) is 1. The van der Waals surface area contributed by atoms with Gasteiger partial charge in [0.2, 0.25) is 0 Å². The van der Waals surface area contributed by atoms with Crippen molar-refractivity contribution in [3.05, 3.63) is 0 Å². The van der Waals surface area contributed by atoms with Gasteiger partial charge in [0, 0.05) is 25.2 Å². The highest BCUT2D eigenvalue weighted by atomic mass is 16.5. The molecule has 3 nitrogen and oxygen atoms in total. The summed E-state index contributed by atoms with van der Waals surface area (Å²) >= 11 is 0. The van der Waals surface area contributed by atoms with Crippen molar-refractivity contribution in [1.29, 1.82) is 0 Å². The Bertz CT molecular complexity index is 207. The molecule has 0 saturated carbocycles. The van der Waals surface area contributed by atoms with Crippen LogP contribution in [0, 0.1) is 5.41 Å². The third-order valence-corrected chi connectivity index (χ3v) is 3.69. The molecule has 1 heterocycles. The summed E-state index contributed by atoms with van der Waals surface area (Å²) in [4.78, 5) is 2.53. The molecule has 3 heteroatoms. The molecular formula is C14H30N2O. The van der Waals surface area contributed by atoms with Crippen LogP contribution in [0.4, 0.5) is 0 Å². The molecule has 2 atom stereocenters. The molecule has 0 bridgehead atoms. The minimum Gasteiger partial charge on any atom is -0.379 e. The van der Waals surface area contributed by atoms with Crippen LogP contribution in [0.2, 0.25) is 0 Å². The summed E-state index contributed by atoms with van der Waals surface area (Å²) in [6.07, 6.45) is 1.23. The lowest BCUT2D eigenvalue weighted by Crippen LogP contribution is -2.51. The largest absolute Gasteiger partial charge is 0.379 e. The van der Waals surface area contributed by atoms with Gasteiger partial charge in [0.15, 0.2) is 0 Å². The van der Waals surface area contributed by atoms with Crippen LogP contribution in [-0.2, 0) is 4.74 Å². The third kappa shape index (κ3) is 5.84. The van der Waals surface area contributed by atoms with E-state index in [1.165, 1.54) is 6.42 Å². The summed E-state index contributed by atoms with van der Waals surface area (Å²) in [7, 11) is 0. The van der Waals surface area contributed by atoms with Crippen LogP contribution in [0.5, 0.6) is 0 Å². The van der Waals surface area contributed by atoms with Gasteiger partial charge in [0.05, 0.1) is 13.2 Å². The van der Waals surface area contributed by atoms with Gasteiger partial charge in [-0.1, -0.05) is 20.8 Å². The van der Waals surface area contributed by atoms with Crippen molar-refractivity contribution in [2.45, 2.75) is 53.1 Å². The van der Waals surface area contributed by atoms with Crippen molar-refractivity contribution in [3.8, 4) is 0 Å². The predicted octanol–water partition coefficient (Wildman–Crippen LogP) is 2.12. The number of nitrogens with one attached hydrogen (secondary N) is 1. The molecule has 1 saturated heterocycles. The lowest BCUT2D eigenvalue weighted by molar-refractivity contribution is 0.0135. The van der Waals surface area contributed by atoms with E-state index >= 15 is 0 Å². The van der Waals surface area contributed by atoms with Gasteiger partial charge in [-0.05, 0) is 32.2 Å². The first-order valence-corrected chi connectivity index (χ1v) is 6.95. The number of hydrogen-bond acceptors (Lipinski definition) is 3. The number of ether oxygens (including phenoxy) is 1. The van der Waals surface area contributed by atoms with Gasteiger partial charge in [0.25, 0.3) is 0 Å². The van der Waals surface area contributed by atoms with E-state index in [4.69, 9.17) is 4.74 Å². The third-order valence-electron chi connectivity index (χ3n) is 3.69. The highest BCUT2D eigenvalue weighted by Crippen LogP contribution is 2.17. The van der Waals surface area contributed by atoms with Crippen LogP contribution >= 0.6 is 0 Å². The topological polar surface area (TPSA) is 24.5 Å². The van der Waals surface area contributed by atoms with E-state index in [9.17, 15) is 0 Å². The maximum atomic E-state index is 5.39. The first kappa shape index (κ1) is 14.9. The summed E-state index contributed by atoms with van der Waals surface area (Å²) in [5.41, 5.74) is 0.426. The molecule has 0 radical (unpaired) electrons. The zero-order valence-corrected chi connectivity index (χ0v) is 12.3. The van der Waals surface area contributed by atoms with Gasteiger partial charge >= 0.3 is 0 Å². The molecule has 1 fully saturated rings. The fourth-order valence-corrected chi connectivity index (χ4v) is 2.15. The quantitative estimate of drug-likeness (QED) is 0.799. The molecule has 0 aromatic rings. The summed E-state index contributed by atoms with van der Waals surface area (Å²) in [5.74, 6) is 0. The fraction of sp³-hybridized carbons (Fsp3) is 1.00. The molecule has 102 valence electrons. The normalized spacial score (nSPS) is 22.4. The van der Waals surface area contributed by atoms with E-state index < -0.39 is 0 Å². The molecule has 1 aliphatic rings. The van der Waals surface area contributed by atoms with E-state index in [1.807, 2.05) is 0 Å². The molecule has 17 heavy (non-hydrogen) atoms. The van der Waals surface area contributed by atoms with Crippen LogP contribution in [0.3, 0.4) is 0 Å². The summed E-state index contributed by atoms with van der Waals surface area (Å²) in [6, 6.07) is 1.15. The molecule has 0 spiro atoms. The van der Waals surface area contributed by atoms with Crippen LogP contribution in [0.25, 0.3) is 0 Å². The summed E-state index contributed by atoms with van der Waals surface area (Å²) < 4.78 is 5.39. The molecule has 0 aromatic heterocycles. The summed E-state index contributed by atoms with van der Waals surface area (Å²) in [6.45, 7) is 16.5. The predicted molar refractivity (Wildman–Crippen MR) is 73.4 cm³/mol. The van der Waals surface area contributed by atoms with Gasteiger partial charge in [-0.2, -0.15) is 0 Å². The first-order chi connectivity index (χ1) is 7.90. The second kappa shape index (κ2) is 6.72. The Hall–Kier alpha value is -0.120. The molecule has 1 rings (SSSR count). The molecular weight excluding hydrogens is 212 g/mol. The highest BCUT2D eigenvalue weighted by Gasteiger charge is 2.22. The molecule has 1 N–H and O–H groups in total. The van der Waals surface area contributed by atoms with Gasteiger partial charge in [-0.15, -0.1) is 0 Å². The standard InChI is InChI=1S/C14H30N2O/c1-12(15-7-6-14(3,4)5)13(2)16-8-10-17-11-9-16/h12-13,15H,6-11H2,1-5H3. The molecule has 2 unspecified atom stereocenters. The van der Waals surface area contributed by atoms with E-state index in [0.717, 1.165) is 32.8 Å². The monoisotopic (exact) mass is 242 g/mol. The van der Waals surface area contributed by atoms with Crippen molar-refractivity contribution in [3.63, 3.8) is 0 Å². The minimum absolute atomic E-state index is 0.426. The SMILES string of the molecule is CC(NCCC(C)(C)C)C(C)N1CCOCC1. The first-order valence-electron chi connectivity index (χ1n) is 6.95. The van der Waals surface area contributed by atoms with E-state index in [1.54, 1.807) is 0 Å². The zero-order chi connectivity index (χ0) is 12.9. The van der Waals surface area contributed by atoms with E-state index in [-0.39, 0.29) is 0 Å². The van der Waals surface area contributed by atoms with Crippen molar-refractivity contribution in [1.82, 2.24) is 10.2 Å². The highest BCUT2D eigenvalue weighted by molar-refractivity contribution is 4.79. The molecule has 0 amide bonds. The van der Waals surface area contributed by atoms with Crippen molar-refractivity contribution in [2.75, 3.05) is 32.8 Å². The Kier molecular flexibility index (Phi) is 5.90. The molecule has 0 aromatic carbocycles. The van der Waals surface area contributed by atoms with Crippen molar-refractivity contribution in [2.24, 2.45) is 5.41 Å². The van der Waals surface area contributed by atoms with Gasteiger partial charge in [0.1, 0.15) is 0 Å². The van der Waals surface area contributed by atoms with Crippen LogP contribution < -0.4 is 5.32 Å². The smallest absolute Gasteiger partial charge is 0.0594 e. The Morgan fingerprint density at radius 1 is 1.18 bits per heavy atom. The van der Waals surface area contributed by atoms with Crippen LogP contribution in [0.15, 0.2) is 0 Å². The van der Waals surface area contributed by atoms with E-state index in [0.29, 0.717) is 17.5 Å². The van der Waals surface area contributed by atoms with E-state index in [2.05, 4.69) is 44.8 Å². The second-order valence-electron chi connectivity index (χ2n) is 6.44. The average molecular weight is 242 g/mol. The average Bonchev–Trinajstić information content (AvgIpc) is 2.27. The van der Waals surface area contributed by atoms with Gasteiger partial charge < -0.3 is 10.1 Å². The minimum atomic E-state index is 0.426. The second-order valence-corrected chi connectivity index (χ2v) is 6.44. The number of rotatable bonds is 5. The Balaban J connectivity index is 2.23. The zero-order valence-electron chi connectivity index (χ0n) is 12.3. The maximum absolute atomic E-state index is 5.39. The molecule has 1 aliphatic heterocycles. The maximum Gasteiger partial charge on any atom is 0.0594 e.